The van der Waals surface area contributed by atoms with E-state index in [-0.39, 0.29) is 6.61 Å². The zero-order valence-corrected chi connectivity index (χ0v) is 9.48. The number of aliphatic hydroxyl groups excluding tert-OH is 1. The topological polar surface area (TPSA) is 47.3 Å². The first-order valence-electron chi connectivity index (χ1n) is 5.61. The molecule has 3 nitrogen and oxygen atoms in total. The van der Waals surface area contributed by atoms with Crippen molar-refractivity contribution in [3.8, 4) is 6.07 Å². The maximum Gasteiger partial charge on any atom is 0.101 e. The Morgan fingerprint density at radius 1 is 1.56 bits per heavy atom. The Hall–Kier alpha value is -1.53. The van der Waals surface area contributed by atoms with Gasteiger partial charge in [0.05, 0.1) is 11.3 Å². The van der Waals surface area contributed by atoms with E-state index < -0.39 is 0 Å². The molecule has 16 heavy (non-hydrogen) atoms. The summed E-state index contributed by atoms with van der Waals surface area (Å²) >= 11 is 0. The molecule has 2 rings (SSSR count). The van der Waals surface area contributed by atoms with Crippen molar-refractivity contribution in [3.05, 3.63) is 29.3 Å². The summed E-state index contributed by atoms with van der Waals surface area (Å²) in [5.41, 5.74) is 2.91. The zero-order valence-electron chi connectivity index (χ0n) is 9.48. The molecule has 1 heterocycles. The third-order valence-corrected chi connectivity index (χ3v) is 3.22. The smallest absolute Gasteiger partial charge is 0.101 e. The van der Waals surface area contributed by atoms with E-state index in [2.05, 4.69) is 11.0 Å². The highest BCUT2D eigenvalue weighted by Crippen LogP contribution is 2.29. The molecule has 0 aliphatic carbocycles. The molecule has 1 saturated heterocycles. The average molecular weight is 216 g/mol. The van der Waals surface area contributed by atoms with E-state index in [1.807, 2.05) is 25.1 Å². The van der Waals surface area contributed by atoms with Crippen molar-refractivity contribution in [1.82, 2.24) is 0 Å². The average Bonchev–Trinajstić information content (AvgIpc) is 2.76. The minimum absolute atomic E-state index is 0.240. The second-order valence-corrected chi connectivity index (χ2v) is 4.37. The molecule has 0 spiro atoms. The van der Waals surface area contributed by atoms with Crippen LogP contribution in [0.1, 0.15) is 17.5 Å². The van der Waals surface area contributed by atoms with Gasteiger partial charge < -0.3 is 10.0 Å². The molecule has 1 unspecified atom stereocenters. The van der Waals surface area contributed by atoms with Crippen LogP contribution in [-0.4, -0.2) is 24.8 Å². The Balaban J connectivity index is 2.31. The number of nitrogens with zero attached hydrogens (tertiary/aromatic N) is 2. The normalized spacial score (nSPS) is 19.8. The Labute approximate surface area is 95.9 Å². The summed E-state index contributed by atoms with van der Waals surface area (Å²) in [6, 6.07) is 8.04. The molecule has 3 heteroatoms. The number of aryl methyl sites for hydroxylation is 1. The highest BCUT2D eigenvalue weighted by Gasteiger charge is 2.24. The summed E-state index contributed by atoms with van der Waals surface area (Å²) in [6.45, 7) is 4.06. The van der Waals surface area contributed by atoms with Crippen molar-refractivity contribution in [3.63, 3.8) is 0 Å². The molecule has 1 N–H and O–H groups in total. The Morgan fingerprint density at radius 3 is 3.00 bits per heavy atom. The fourth-order valence-electron chi connectivity index (χ4n) is 2.35. The van der Waals surface area contributed by atoms with Gasteiger partial charge in [0.15, 0.2) is 0 Å². The molecule has 1 aromatic rings. The van der Waals surface area contributed by atoms with Crippen molar-refractivity contribution in [2.75, 3.05) is 24.6 Å². The second kappa shape index (κ2) is 4.54. The molecular weight excluding hydrogens is 200 g/mol. The first-order valence-corrected chi connectivity index (χ1v) is 5.61. The van der Waals surface area contributed by atoms with Gasteiger partial charge in [-0.3, -0.25) is 0 Å². The molecule has 0 amide bonds. The molecule has 1 fully saturated rings. The summed E-state index contributed by atoms with van der Waals surface area (Å²) in [4.78, 5) is 2.22. The van der Waals surface area contributed by atoms with Crippen LogP contribution in [0.2, 0.25) is 0 Å². The van der Waals surface area contributed by atoms with Gasteiger partial charge in [-0.2, -0.15) is 5.26 Å². The molecule has 1 aliphatic heterocycles. The van der Waals surface area contributed by atoms with Crippen LogP contribution in [0.25, 0.3) is 0 Å². The van der Waals surface area contributed by atoms with Crippen molar-refractivity contribution in [2.45, 2.75) is 13.3 Å². The molecule has 0 saturated carbocycles. The number of hydrogen-bond acceptors (Lipinski definition) is 3. The maximum atomic E-state index is 9.13. The summed E-state index contributed by atoms with van der Waals surface area (Å²) < 4.78 is 0. The van der Waals surface area contributed by atoms with E-state index in [4.69, 9.17) is 10.4 Å². The van der Waals surface area contributed by atoms with Gasteiger partial charge in [0.25, 0.3) is 0 Å². The van der Waals surface area contributed by atoms with Crippen LogP contribution in [0, 0.1) is 24.2 Å². The molecule has 1 aliphatic rings. The van der Waals surface area contributed by atoms with Gasteiger partial charge in [-0.05, 0) is 25.0 Å². The quantitative estimate of drug-likeness (QED) is 0.818. The van der Waals surface area contributed by atoms with E-state index in [9.17, 15) is 0 Å². The van der Waals surface area contributed by atoms with Gasteiger partial charge in [0, 0.05) is 25.6 Å². The van der Waals surface area contributed by atoms with Crippen LogP contribution in [-0.2, 0) is 0 Å². The minimum atomic E-state index is 0.240. The van der Waals surface area contributed by atoms with Crippen LogP contribution in [0.4, 0.5) is 5.69 Å². The molecule has 1 atom stereocenters. The predicted octanol–water partition coefficient (Wildman–Crippen LogP) is 1.69. The highest BCUT2D eigenvalue weighted by atomic mass is 16.3. The standard InChI is InChI=1S/C13H16N2O/c1-10-3-2-4-12(7-14)13(10)15-6-5-11(8-15)9-16/h2-4,11,16H,5-6,8-9H2,1H3. The van der Waals surface area contributed by atoms with E-state index in [0.29, 0.717) is 5.92 Å². The Kier molecular flexibility index (Phi) is 3.12. The van der Waals surface area contributed by atoms with E-state index in [1.54, 1.807) is 0 Å². The molecule has 1 aromatic carbocycles. The van der Waals surface area contributed by atoms with Crippen LogP contribution in [0.5, 0.6) is 0 Å². The first kappa shape index (κ1) is 11.0. The third kappa shape index (κ3) is 1.89. The number of rotatable bonds is 2. The third-order valence-electron chi connectivity index (χ3n) is 3.22. The highest BCUT2D eigenvalue weighted by molar-refractivity contribution is 5.64. The van der Waals surface area contributed by atoms with E-state index in [0.717, 1.165) is 36.3 Å². The molecule has 84 valence electrons. The second-order valence-electron chi connectivity index (χ2n) is 4.37. The number of anilines is 1. The lowest BCUT2D eigenvalue weighted by molar-refractivity contribution is 0.238. The van der Waals surface area contributed by atoms with Gasteiger partial charge in [-0.25, -0.2) is 0 Å². The molecular formula is C13H16N2O. The lowest BCUT2D eigenvalue weighted by Crippen LogP contribution is -2.22. The summed E-state index contributed by atoms with van der Waals surface area (Å²) in [7, 11) is 0. The van der Waals surface area contributed by atoms with E-state index in [1.165, 1.54) is 0 Å². The Bertz CT molecular complexity index is 422. The minimum Gasteiger partial charge on any atom is -0.396 e. The van der Waals surface area contributed by atoms with Gasteiger partial charge in [-0.1, -0.05) is 12.1 Å². The SMILES string of the molecule is Cc1cccc(C#N)c1N1CCC(CO)C1. The van der Waals surface area contributed by atoms with Crippen LogP contribution in [0.15, 0.2) is 18.2 Å². The number of para-hydroxylation sites is 1. The van der Waals surface area contributed by atoms with Crippen molar-refractivity contribution in [1.29, 1.82) is 5.26 Å². The number of aliphatic hydroxyl groups is 1. The summed E-state index contributed by atoms with van der Waals surface area (Å²) in [6.07, 6.45) is 1.01. The molecule has 0 radical (unpaired) electrons. The van der Waals surface area contributed by atoms with Gasteiger partial charge in [0.2, 0.25) is 0 Å². The number of benzene rings is 1. The van der Waals surface area contributed by atoms with Crippen LogP contribution in [0.3, 0.4) is 0 Å². The van der Waals surface area contributed by atoms with Crippen molar-refractivity contribution < 1.29 is 5.11 Å². The van der Waals surface area contributed by atoms with Crippen LogP contribution >= 0.6 is 0 Å². The van der Waals surface area contributed by atoms with Gasteiger partial charge >= 0.3 is 0 Å². The largest absolute Gasteiger partial charge is 0.396 e. The summed E-state index contributed by atoms with van der Waals surface area (Å²) in [5, 5.41) is 18.2. The number of hydrogen-bond donors (Lipinski definition) is 1. The number of nitriles is 1. The lowest BCUT2D eigenvalue weighted by Gasteiger charge is -2.22. The molecule has 0 bridgehead atoms. The summed E-state index contributed by atoms with van der Waals surface area (Å²) in [5.74, 6) is 0.353. The zero-order chi connectivity index (χ0) is 11.5. The van der Waals surface area contributed by atoms with E-state index >= 15 is 0 Å². The maximum absolute atomic E-state index is 9.13. The van der Waals surface area contributed by atoms with Crippen LogP contribution < -0.4 is 4.90 Å². The fourth-order valence-corrected chi connectivity index (χ4v) is 2.35. The molecule has 0 aromatic heterocycles. The van der Waals surface area contributed by atoms with Crippen molar-refractivity contribution >= 4 is 5.69 Å². The van der Waals surface area contributed by atoms with Gasteiger partial charge in [0.1, 0.15) is 6.07 Å². The Morgan fingerprint density at radius 2 is 2.38 bits per heavy atom. The van der Waals surface area contributed by atoms with Gasteiger partial charge in [-0.15, -0.1) is 0 Å². The fraction of sp³-hybridized carbons (Fsp3) is 0.462. The monoisotopic (exact) mass is 216 g/mol. The first-order chi connectivity index (χ1) is 7.76. The lowest BCUT2D eigenvalue weighted by atomic mass is 10.1. The predicted molar refractivity (Wildman–Crippen MR) is 63.3 cm³/mol. The van der Waals surface area contributed by atoms with Crippen molar-refractivity contribution in [2.24, 2.45) is 5.92 Å².